The molecule has 2 heterocycles. The smallest absolute Gasteiger partial charge is 0.407 e. The quantitative estimate of drug-likeness (QED) is 0.731. The molecule has 1 aromatic heterocycles. The predicted octanol–water partition coefficient (Wildman–Crippen LogP) is 1.70. The van der Waals surface area contributed by atoms with E-state index in [4.69, 9.17) is 15.7 Å². The fourth-order valence-corrected chi connectivity index (χ4v) is 2.99. The molecule has 0 radical (unpaired) electrons. The summed E-state index contributed by atoms with van der Waals surface area (Å²) < 4.78 is 5.19. The zero-order chi connectivity index (χ0) is 17.6. The van der Waals surface area contributed by atoms with E-state index in [-0.39, 0.29) is 17.7 Å². The van der Waals surface area contributed by atoms with E-state index in [0.29, 0.717) is 24.5 Å². The second kappa shape index (κ2) is 5.63. The maximum absolute atomic E-state index is 12.1. The molecule has 1 aliphatic carbocycles. The second-order valence-corrected chi connectivity index (χ2v) is 6.24. The van der Waals surface area contributed by atoms with E-state index in [2.05, 4.69) is 21.7 Å². The Bertz CT molecular complexity index is 936. The Kier molecular flexibility index (Phi) is 3.42. The lowest BCUT2D eigenvalue weighted by Crippen LogP contribution is -2.15. The van der Waals surface area contributed by atoms with Crippen molar-refractivity contribution in [1.82, 2.24) is 10.3 Å². The molecule has 3 unspecified atom stereocenters. The van der Waals surface area contributed by atoms with Gasteiger partial charge in [0, 0.05) is 17.3 Å². The van der Waals surface area contributed by atoms with Gasteiger partial charge >= 0.3 is 6.09 Å². The van der Waals surface area contributed by atoms with Crippen LogP contribution in [0.25, 0.3) is 10.8 Å². The van der Waals surface area contributed by atoms with Gasteiger partial charge in [0.2, 0.25) is 5.91 Å². The molecule has 8 nitrogen and oxygen atoms in total. The molecule has 2 amide bonds. The first kappa shape index (κ1) is 15.2. The van der Waals surface area contributed by atoms with Crippen molar-refractivity contribution in [3.8, 4) is 6.07 Å². The number of fused-ring (bicyclic) bond motifs is 1. The van der Waals surface area contributed by atoms with Crippen molar-refractivity contribution in [2.24, 2.45) is 11.8 Å². The standard InChI is InChI=1S/C17H15N5O3/c18-5-10-2-11(10)16(23)22-15-4-8-1-9(14-7-21-17(24)25-14)3-13(19)12(8)6-20-15/h1,3-4,6,10-11,14H,2,7,19H2,(H,21,24)(H,20,22,23). The number of aromatic nitrogens is 1. The van der Waals surface area contributed by atoms with Gasteiger partial charge in [-0.1, -0.05) is 0 Å². The van der Waals surface area contributed by atoms with Crippen molar-refractivity contribution in [1.29, 1.82) is 5.26 Å². The minimum absolute atomic E-state index is 0.198. The third-order valence-corrected chi connectivity index (χ3v) is 4.49. The molecule has 4 rings (SSSR count). The number of pyridine rings is 1. The number of amides is 2. The molecular weight excluding hydrogens is 322 g/mol. The summed E-state index contributed by atoms with van der Waals surface area (Å²) >= 11 is 0. The molecule has 1 aromatic carbocycles. The van der Waals surface area contributed by atoms with Crippen LogP contribution in [0.5, 0.6) is 0 Å². The van der Waals surface area contributed by atoms with Crippen LogP contribution in [0.4, 0.5) is 16.3 Å². The predicted molar refractivity (Wildman–Crippen MR) is 89.2 cm³/mol. The van der Waals surface area contributed by atoms with Crippen LogP contribution in [0.15, 0.2) is 24.4 Å². The highest BCUT2D eigenvalue weighted by atomic mass is 16.6. The van der Waals surface area contributed by atoms with Crippen molar-refractivity contribution in [3.05, 3.63) is 30.0 Å². The number of rotatable bonds is 3. The third-order valence-electron chi connectivity index (χ3n) is 4.49. The summed E-state index contributed by atoms with van der Waals surface area (Å²) in [6.45, 7) is 0.385. The maximum atomic E-state index is 12.1. The Morgan fingerprint density at radius 2 is 2.28 bits per heavy atom. The normalized spacial score (nSPS) is 24.3. The number of anilines is 2. The van der Waals surface area contributed by atoms with E-state index in [1.54, 1.807) is 18.3 Å². The minimum atomic E-state index is -0.456. The number of hydrogen-bond acceptors (Lipinski definition) is 6. The number of hydrogen-bond donors (Lipinski definition) is 3. The van der Waals surface area contributed by atoms with Crippen molar-refractivity contribution in [3.63, 3.8) is 0 Å². The average Bonchev–Trinajstić information content (AvgIpc) is 3.27. The SMILES string of the molecule is N#CC1CC1C(=O)Nc1cc2cc(C3CNC(=O)O3)cc(N)c2cn1. The Morgan fingerprint density at radius 1 is 1.44 bits per heavy atom. The highest BCUT2D eigenvalue weighted by molar-refractivity contribution is 5.98. The lowest BCUT2D eigenvalue weighted by Gasteiger charge is -2.12. The molecule has 2 fully saturated rings. The van der Waals surface area contributed by atoms with Gasteiger partial charge in [-0.25, -0.2) is 9.78 Å². The van der Waals surface area contributed by atoms with Crippen LogP contribution >= 0.6 is 0 Å². The summed E-state index contributed by atoms with van der Waals surface area (Å²) in [5.74, 6) is -0.259. The van der Waals surface area contributed by atoms with E-state index >= 15 is 0 Å². The first-order valence-corrected chi connectivity index (χ1v) is 7.89. The van der Waals surface area contributed by atoms with Gasteiger partial charge in [0.1, 0.15) is 11.9 Å². The number of carbonyl (C=O) groups is 2. The van der Waals surface area contributed by atoms with Crippen LogP contribution in [0.3, 0.4) is 0 Å². The zero-order valence-corrected chi connectivity index (χ0v) is 13.2. The van der Waals surface area contributed by atoms with E-state index < -0.39 is 12.2 Å². The van der Waals surface area contributed by atoms with Gasteiger partial charge in [0.05, 0.1) is 24.4 Å². The number of nitrogens with one attached hydrogen (secondary N) is 2. The molecule has 3 atom stereocenters. The van der Waals surface area contributed by atoms with Crippen LogP contribution in [0, 0.1) is 23.2 Å². The fraction of sp³-hybridized carbons (Fsp3) is 0.294. The largest absolute Gasteiger partial charge is 0.439 e. The van der Waals surface area contributed by atoms with Gasteiger partial charge in [-0.15, -0.1) is 0 Å². The molecule has 126 valence electrons. The number of nitriles is 1. The summed E-state index contributed by atoms with van der Waals surface area (Å²) in [6.07, 6.45) is 1.33. The van der Waals surface area contributed by atoms with Gasteiger partial charge in [-0.3, -0.25) is 4.79 Å². The Balaban J connectivity index is 1.61. The van der Waals surface area contributed by atoms with E-state index in [9.17, 15) is 9.59 Å². The van der Waals surface area contributed by atoms with Crippen LogP contribution in [-0.2, 0) is 9.53 Å². The number of nitrogens with two attached hydrogens (primary N) is 1. The van der Waals surface area contributed by atoms with E-state index in [0.717, 1.165) is 16.3 Å². The Morgan fingerprint density at radius 3 is 2.96 bits per heavy atom. The number of cyclic esters (lactones) is 1. The topological polar surface area (TPSA) is 130 Å². The number of benzene rings is 1. The molecule has 1 saturated heterocycles. The van der Waals surface area contributed by atoms with E-state index in [1.165, 1.54) is 0 Å². The fourth-order valence-electron chi connectivity index (χ4n) is 2.99. The second-order valence-electron chi connectivity index (χ2n) is 6.24. The number of alkyl carbamates (subject to hydrolysis) is 1. The summed E-state index contributed by atoms with van der Waals surface area (Å²) in [6, 6.07) is 7.44. The summed E-state index contributed by atoms with van der Waals surface area (Å²) in [4.78, 5) is 27.5. The summed E-state index contributed by atoms with van der Waals surface area (Å²) in [5.41, 5.74) is 7.38. The van der Waals surface area contributed by atoms with Crippen molar-refractivity contribution < 1.29 is 14.3 Å². The molecule has 0 spiro atoms. The summed E-state index contributed by atoms with van der Waals surface area (Å²) in [5, 5.41) is 15.7. The van der Waals surface area contributed by atoms with Crippen molar-refractivity contribution in [2.45, 2.75) is 12.5 Å². The highest BCUT2D eigenvalue weighted by Crippen LogP contribution is 2.38. The van der Waals surface area contributed by atoms with Crippen LogP contribution in [0.1, 0.15) is 18.1 Å². The third kappa shape index (κ3) is 2.80. The number of nitrogens with zero attached hydrogens (tertiary/aromatic N) is 2. The summed E-state index contributed by atoms with van der Waals surface area (Å²) in [7, 11) is 0. The molecule has 1 aliphatic heterocycles. The number of carbonyl (C=O) groups excluding carboxylic acids is 2. The van der Waals surface area contributed by atoms with E-state index in [1.807, 2.05) is 6.07 Å². The molecule has 0 bridgehead atoms. The molecule has 1 saturated carbocycles. The molecule has 2 aromatic rings. The molecule has 8 heteroatoms. The monoisotopic (exact) mass is 337 g/mol. The molecule has 2 aliphatic rings. The van der Waals surface area contributed by atoms with Crippen LogP contribution in [-0.4, -0.2) is 23.5 Å². The zero-order valence-electron chi connectivity index (χ0n) is 13.2. The lowest BCUT2D eigenvalue weighted by molar-refractivity contribution is -0.117. The van der Waals surface area contributed by atoms with Crippen LogP contribution in [0.2, 0.25) is 0 Å². The maximum Gasteiger partial charge on any atom is 0.407 e. The highest BCUT2D eigenvalue weighted by Gasteiger charge is 2.43. The van der Waals surface area contributed by atoms with Gasteiger partial charge in [0.25, 0.3) is 0 Å². The van der Waals surface area contributed by atoms with Gasteiger partial charge in [0.15, 0.2) is 0 Å². The lowest BCUT2D eigenvalue weighted by atomic mass is 10.0. The van der Waals surface area contributed by atoms with Crippen LogP contribution < -0.4 is 16.4 Å². The molecule has 4 N–H and O–H groups in total. The van der Waals surface area contributed by atoms with Gasteiger partial charge < -0.3 is 21.1 Å². The molecular formula is C17H15N5O3. The van der Waals surface area contributed by atoms with Crippen molar-refractivity contribution >= 4 is 34.3 Å². The van der Waals surface area contributed by atoms with Crippen molar-refractivity contribution in [2.75, 3.05) is 17.6 Å². The minimum Gasteiger partial charge on any atom is -0.439 e. The van der Waals surface area contributed by atoms with Gasteiger partial charge in [-0.05, 0) is 35.6 Å². The number of ether oxygens (including phenoxy) is 1. The number of nitrogen functional groups attached to an aromatic ring is 1. The van der Waals surface area contributed by atoms with Gasteiger partial charge in [-0.2, -0.15) is 5.26 Å². The average molecular weight is 337 g/mol. The Hall–Kier alpha value is -3.34. The molecule has 25 heavy (non-hydrogen) atoms. The first-order valence-electron chi connectivity index (χ1n) is 7.89. The first-order chi connectivity index (χ1) is 12.0. The Labute approximate surface area is 143 Å².